The van der Waals surface area contributed by atoms with Crippen molar-refractivity contribution >= 4 is 28.9 Å². The molecule has 0 aliphatic heterocycles. The highest BCUT2D eigenvalue weighted by Gasteiger charge is 2.12. The second-order valence-electron chi connectivity index (χ2n) is 6.43. The van der Waals surface area contributed by atoms with Crippen LogP contribution in [0.2, 0.25) is 5.02 Å². The number of ketones is 1. The number of aromatic nitrogens is 3. The molecule has 5 nitrogen and oxygen atoms in total. The minimum Gasteiger partial charge on any atom is -0.444 e. The van der Waals surface area contributed by atoms with Gasteiger partial charge in [0.25, 0.3) is 0 Å². The van der Waals surface area contributed by atoms with Crippen molar-refractivity contribution in [2.75, 3.05) is 0 Å². The molecule has 0 amide bonds. The van der Waals surface area contributed by atoms with E-state index < -0.39 is 0 Å². The van der Waals surface area contributed by atoms with Gasteiger partial charge in [0.1, 0.15) is 5.78 Å². The molecule has 2 aromatic heterocycles. The molecule has 28 heavy (non-hydrogen) atoms. The molecule has 0 bridgehead atoms. The Kier molecular flexibility index (Phi) is 5.32. The van der Waals surface area contributed by atoms with Gasteiger partial charge in [0, 0.05) is 29.0 Å². The number of oxazole rings is 1. The van der Waals surface area contributed by atoms with E-state index in [0.717, 1.165) is 32.8 Å². The third kappa shape index (κ3) is 4.03. The highest BCUT2D eigenvalue weighted by atomic mass is 35.5. The number of halogens is 1. The first kappa shape index (κ1) is 18.5. The molecule has 4 aromatic rings. The molecule has 2 heterocycles. The molecule has 140 valence electrons. The van der Waals surface area contributed by atoms with Crippen LogP contribution in [0.15, 0.2) is 59.5 Å². The van der Waals surface area contributed by atoms with Crippen molar-refractivity contribution in [2.45, 2.75) is 19.8 Å². The number of aryl methyl sites for hydroxylation is 1. The van der Waals surface area contributed by atoms with Gasteiger partial charge in [-0.05, 0) is 47.8 Å². The van der Waals surface area contributed by atoms with Crippen LogP contribution in [0.5, 0.6) is 0 Å². The number of Topliss-reactive ketones (excluding diaryl/α,β-unsaturated/α-hetero) is 1. The summed E-state index contributed by atoms with van der Waals surface area (Å²) >= 11 is 7.68. The predicted molar refractivity (Wildman–Crippen MR) is 109 cm³/mol. The standard InChI is InChI=1S/C21H16ClN3O2S/c1-13-21(28-25-24-13)10-17(26)8-14-2-4-15(5-3-14)18-9-16(6-7-19(18)22)20-11-23-12-27-20/h2-7,9,11-12H,8,10H2,1H3. The SMILES string of the molecule is Cc1nnsc1CC(=O)Cc1ccc(-c2cc(-c3cnco3)ccc2Cl)cc1. The van der Waals surface area contributed by atoms with E-state index in [1.54, 1.807) is 6.20 Å². The van der Waals surface area contributed by atoms with E-state index in [2.05, 4.69) is 14.6 Å². The molecule has 0 fully saturated rings. The van der Waals surface area contributed by atoms with E-state index in [1.807, 2.05) is 49.4 Å². The molecule has 0 aliphatic rings. The maximum absolute atomic E-state index is 12.3. The van der Waals surface area contributed by atoms with Crippen LogP contribution in [0.4, 0.5) is 0 Å². The van der Waals surface area contributed by atoms with Crippen molar-refractivity contribution in [3.05, 3.63) is 76.2 Å². The van der Waals surface area contributed by atoms with E-state index in [1.165, 1.54) is 17.9 Å². The van der Waals surface area contributed by atoms with Gasteiger partial charge in [-0.2, -0.15) is 0 Å². The molecule has 0 saturated heterocycles. The first-order chi connectivity index (χ1) is 13.6. The minimum atomic E-state index is 0.146. The smallest absolute Gasteiger partial charge is 0.181 e. The zero-order valence-electron chi connectivity index (χ0n) is 15.1. The van der Waals surface area contributed by atoms with Gasteiger partial charge in [0.2, 0.25) is 0 Å². The van der Waals surface area contributed by atoms with E-state index in [-0.39, 0.29) is 5.78 Å². The average Bonchev–Trinajstić information content (AvgIpc) is 3.36. The van der Waals surface area contributed by atoms with Crippen LogP contribution in [0, 0.1) is 6.92 Å². The van der Waals surface area contributed by atoms with E-state index in [4.69, 9.17) is 16.0 Å². The van der Waals surface area contributed by atoms with Crippen molar-refractivity contribution in [2.24, 2.45) is 0 Å². The number of rotatable bonds is 6. The summed E-state index contributed by atoms with van der Waals surface area (Å²) in [4.78, 5) is 17.2. The van der Waals surface area contributed by atoms with Gasteiger partial charge in [-0.15, -0.1) is 5.10 Å². The first-order valence-corrected chi connectivity index (χ1v) is 9.82. The Morgan fingerprint density at radius 3 is 2.57 bits per heavy atom. The number of carbonyl (C=O) groups excluding carboxylic acids is 1. The van der Waals surface area contributed by atoms with Crippen molar-refractivity contribution in [1.29, 1.82) is 0 Å². The summed E-state index contributed by atoms with van der Waals surface area (Å²) in [6.07, 6.45) is 3.82. The first-order valence-electron chi connectivity index (χ1n) is 8.67. The molecule has 0 aliphatic carbocycles. The van der Waals surface area contributed by atoms with E-state index in [0.29, 0.717) is 23.6 Å². The lowest BCUT2D eigenvalue weighted by Gasteiger charge is -2.08. The summed E-state index contributed by atoms with van der Waals surface area (Å²) in [5, 5.41) is 4.60. The molecule has 4 rings (SSSR count). The predicted octanol–water partition coefficient (Wildman–Crippen LogP) is 5.18. The summed E-state index contributed by atoms with van der Waals surface area (Å²) in [5.74, 6) is 0.834. The molecule has 2 aromatic carbocycles. The Hall–Kier alpha value is -2.83. The lowest BCUT2D eigenvalue weighted by Crippen LogP contribution is -2.06. The van der Waals surface area contributed by atoms with E-state index in [9.17, 15) is 4.79 Å². The van der Waals surface area contributed by atoms with Gasteiger partial charge in [-0.1, -0.05) is 40.4 Å². The van der Waals surface area contributed by atoms with Crippen molar-refractivity contribution in [3.63, 3.8) is 0 Å². The molecule has 0 unspecified atom stereocenters. The molecule has 0 radical (unpaired) electrons. The highest BCUT2D eigenvalue weighted by molar-refractivity contribution is 7.05. The lowest BCUT2D eigenvalue weighted by molar-refractivity contribution is -0.117. The van der Waals surface area contributed by atoms with Gasteiger partial charge >= 0.3 is 0 Å². The Balaban J connectivity index is 1.51. The van der Waals surface area contributed by atoms with Gasteiger partial charge in [-0.25, -0.2) is 4.98 Å². The highest BCUT2D eigenvalue weighted by Crippen LogP contribution is 2.32. The Labute approximate surface area is 171 Å². The van der Waals surface area contributed by atoms with Crippen LogP contribution < -0.4 is 0 Å². The largest absolute Gasteiger partial charge is 0.444 e. The third-order valence-electron chi connectivity index (χ3n) is 4.45. The van der Waals surface area contributed by atoms with Gasteiger partial charge in [-0.3, -0.25) is 4.79 Å². The fraction of sp³-hybridized carbons (Fsp3) is 0.143. The quantitative estimate of drug-likeness (QED) is 0.439. The number of nitrogens with zero attached hydrogens (tertiary/aromatic N) is 3. The second-order valence-corrected chi connectivity index (χ2v) is 7.68. The molecule has 0 atom stereocenters. The normalized spacial score (nSPS) is 10.9. The molecule has 0 saturated carbocycles. The van der Waals surface area contributed by atoms with Crippen LogP contribution in [0.25, 0.3) is 22.5 Å². The van der Waals surface area contributed by atoms with Crippen molar-refractivity contribution in [1.82, 2.24) is 14.6 Å². The third-order valence-corrected chi connectivity index (χ3v) is 5.61. The fourth-order valence-corrected chi connectivity index (χ4v) is 3.83. The van der Waals surface area contributed by atoms with Gasteiger partial charge < -0.3 is 4.42 Å². The van der Waals surface area contributed by atoms with Crippen molar-refractivity contribution in [3.8, 4) is 22.5 Å². The second kappa shape index (κ2) is 8.04. The Morgan fingerprint density at radius 1 is 1.11 bits per heavy atom. The van der Waals surface area contributed by atoms with Crippen LogP contribution in [-0.4, -0.2) is 20.4 Å². The zero-order chi connectivity index (χ0) is 19.5. The van der Waals surface area contributed by atoms with Crippen LogP contribution in [0.1, 0.15) is 16.1 Å². The fourth-order valence-electron chi connectivity index (χ4n) is 2.94. The summed E-state index contributed by atoms with van der Waals surface area (Å²) in [7, 11) is 0. The summed E-state index contributed by atoms with van der Waals surface area (Å²) in [6, 6.07) is 13.6. The number of carbonyl (C=O) groups is 1. The molecular weight excluding hydrogens is 394 g/mol. The molecule has 7 heteroatoms. The Bertz CT molecular complexity index is 1110. The zero-order valence-corrected chi connectivity index (χ0v) is 16.6. The molecular formula is C21H16ClN3O2S. The summed E-state index contributed by atoms with van der Waals surface area (Å²) in [5.41, 5.74) is 4.58. The van der Waals surface area contributed by atoms with E-state index >= 15 is 0 Å². The summed E-state index contributed by atoms with van der Waals surface area (Å²) in [6.45, 7) is 1.87. The summed E-state index contributed by atoms with van der Waals surface area (Å²) < 4.78 is 9.24. The van der Waals surface area contributed by atoms with Crippen LogP contribution in [0.3, 0.4) is 0 Å². The number of benzene rings is 2. The van der Waals surface area contributed by atoms with Gasteiger partial charge in [0.05, 0.1) is 16.8 Å². The molecule has 0 spiro atoms. The maximum Gasteiger partial charge on any atom is 0.181 e. The number of hydrogen-bond acceptors (Lipinski definition) is 6. The Morgan fingerprint density at radius 2 is 1.89 bits per heavy atom. The van der Waals surface area contributed by atoms with Crippen LogP contribution in [-0.2, 0) is 17.6 Å². The number of hydrogen-bond donors (Lipinski definition) is 0. The molecule has 0 N–H and O–H groups in total. The van der Waals surface area contributed by atoms with Crippen LogP contribution >= 0.6 is 23.1 Å². The monoisotopic (exact) mass is 409 g/mol. The maximum atomic E-state index is 12.3. The minimum absolute atomic E-state index is 0.146. The van der Waals surface area contributed by atoms with Crippen molar-refractivity contribution < 1.29 is 9.21 Å². The average molecular weight is 410 g/mol. The lowest BCUT2D eigenvalue weighted by atomic mass is 9.99. The topological polar surface area (TPSA) is 68.9 Å². The van der Waals surface area contributed by atoms with Gasteiger partial charge in [0.15, 0.2) is 12.2 Å².